The van der Waals surface area contributed by atoms with Gasteiger partial charge in [0.15, 0.2) is 0 Å². The molecule has 0 amide bonds. The molecule has 1 aromatic heterocycles. The van der Waals surface area contributed by atoms with E-state index in [-0.39, 0.29) is 11.0 Å². The lowest BCUT2D eigenvalue weighted by atomic mass is 10.2. The van der Waals surface area contributed by atoms with E-state index in [1.165, 1.54) is 4.31 Å². The number of benzene rings is 1. The molecule has 7 nitrogen and oxygen atoms in total. The molecule has 1 aliphatic rings. The molecule has 0 radical (unpaired) electrons. The number of hydrogen-bond acceptors (Lipinski definition) is 6. The van der Waals surface area contributed by atoms with Gasteiger partial charge < -0.3 is 9.15 Å². The van der Waals surface area contributed by atoms with Crippen molar-refractivity contribution in [3.05, 3.63) is 30.2 Å². The van der Waals surface area contributed by atoms with Gasteiger partial charge in [0.25, 0.3) is 0 Å². The van der Waals surface area contributed by atoms with E-state index < -0.39 is 10.0 Å². The SMILES string of the molecule is CO[C@@H](C)c1nnc(-c2ccc(S(=O)(=O)N3CCCC3)cc2)o1. The summed E-state index contributed by atoms with van der Waals surface area (Å²) in [5.74, 6) is 0.727. The molecule has 0 unspecified atom stereocenters. The van der Waals surface area contributed by atoms with Gasteiger partial charge in [-0.1, -0.05) is 0 Å². The van der Waals surface area contributed by atoms with Crippen LogP contribution in [0.3, 0.4) is 0 Å². The Balaban J connectivity index is 1.83. The normalized spacial score (nSPS) is 17.5. The van der Waals surface area contributed by atoms with Gasteiger partial charge in [-0.3, -0.25) is 0 Å². The van der Waals surface area contributed by atoms with Crippen LogP contribution in [0.4, 0.5) is 0 Å². The number of aromatic nitrogens is 2. The zero-order chi connectivity index (χ0) is 16.4. The number of sulfonamides is 1. The summed E-state index contributed by atoms with van der Waals surface area (Å²) in [5, 5.41) is 7.90. The molecule has 1 fully saturated rings. The van der Waals surface area contributed by atoms with Gasteiger partial charge >= 0.3 is 0 Å². The molecule has 3 rings (SSSR count). The van der Waals surface area contributed by atoms with Gasteiger partial charge in [-0.25, -0.2) is 8.42 Å². The van der Waals surface area contributed by atoms with Crippen molar-refractivity contribution < 1.29 is 17.6 Å². The van der Waals surface area contributed by atoms with Gasteiger partial charge in [0.05, 0.1) is 4.90 Å². The van der Waals surface area contributed by atoms with E-state index in [0.717, 1.165) is 12.8 Å². The maximum atomic E-state index is 12.5. The topological polar surface area (TPSA) is 85.5 Å². The summed E-state index contributed by atoms with van der Waals surface area (Å²) >= 11 is 0. The van der Waals surface area contributed by atoms with Crippen LogP contribution in [-0.2, 0) is 14.8 Å². The third-order valence-electron chi connectivity index (χ3n) is 3.95. The minimum atomic E-state index is -3.40. The van der Waals surface area contributed by atoms with Gasteiger partial charge in [-0.15, -0.1) is 10.2 Å². The zero-order valence-corrected chi connectivity index (χ0v) is 13.9. The molecule has 0 saturated carbocycles. The second kappa shape index (κ2) is 6.38. The molecule has 1 saturated heterocycles. The van der Waals surface area contributed by atoms with Crippen LogP contribution in [0.2, 0.25) is 0 Å². The lowest BCUT2D eigenvalue weighted by Crippen LogP contribution is -2.27. The smallest absolute Gasteiger partial charge is 0.247 e. The summed E-state index contributed by atoms with van der Waals surface area (Å²) in [6.07, 6.45) is 1.55. The fourth-order valence-corrected chi connectivity index (χ4v) is 3.98. The van der Waals surface area contributed by atoms with Gasteiger partial charge in [-0.05, 0) is 44.0 Å². The summed E-state index contributed by atoms with van der Waals surface area (Å²) in [6.45, 7) is 2.99. The van der Waals surface area contributed by atoms with Crippen molar-refractivity contribution in [1.82, 2.24) is 14.5 Å². The highest BCUT2D eigenvalue weighted by Crippen LogP contribution is 2.25. The first kappa shape index (κ1) is 16.1. The minimum absolute atomic E-state index is 0.285. The highest BCUT2D eigenvalue weighted by atomic mass is 32.2. The van der Waals surface area contributed by atoms with Crippen molar-refractivity contribution >= 4 is 10.0 Å². The highest BCUT2D eigenvalue weighted by molar-refractivity contribution is 7.89. The predicted octanol–water partition coefficient (Wildman–Crippen LogP) is 2.23. The van der Waals surface area contributed by atoms with Crippen molar-refractivity contribution in [3.63, 3.8) is 0 Å². The van der Waals surface area contributed by atoms with E-state index in [1.54, 1.807) is 31.4 Å². The summed E-state index contributed by atoms with van der Waals surface area (Å²) in [5.41, 5.74) is 0.674. The first-order valence-electron chi connectivity index (χ1n) is 7.49. The number of nitrogens with zero attached hydrogens (tertiary/aromatic N) is 3. The maximum absolute atomic E-state index is 12.5. The fourth-order valence-electron chi connectivity index (χ4n) is 2.46. The highest BCUT2D eigenvalue weighted by Gasteiger charge is 2.27. The number of rotatable bonds is 5. The van der Waals surface area contributed by atoms with E-state index in [1.807, 2.05) is 6.92 Å². The van der Waals surface area contributed by atoms with Crippen LogP contribution in [0.25, 0.3) is 11.5 Å². The molecule has 23 heavy (non-hydrogen) atoms. The van der Waals surface area contributed by atoms with Crippen LogP contribution >= 0.6 is 0 Å². The Morgan fingerprint density at radius 1 is 1.17 bits per heavy atom. The monoisotopic (exact) mass is 337 g/mol. The predicted molar refractivity (Wildman–Crippen MR) is 83.2 cm³/mol. The van der Waals surface area contributed by atoms with E-state index in [2.05, 4.69) is 10.2 Å². The second-order valence-corrected chi connectivity index (χ2v) is 7.40. The molecule has 2 aromatic rings. The van der Waals surface area contributed by atoms with Crippen molar-refractivity contribution in [2.24, 2.45) is 0 Å². The second-order valence-electron chi connectivity index (χ2n) is 5.46. The Labute approximate surface area is 135 Å². The van der Waals surface area contributed by atoms with Gasteiger partial charge in [-0.2, -0.15) is 4.31 Å². The Morgan fingerprint density at radius 3 is 2.43 bits per heavy atom. The van der Waals surface area contributed by atoms with Crippen molar-refractivity contribution in [3.8, 4) is 11.5 Å². The minimum Gasteiger partial charge on any atom is -0.418 e. The van der Waals surface area contributed by atoms with E-state index in [4.69, 9.17) is 9.15 Å². The standard InChI is InChI=1S/C15H19N3O4S/c1-11(21-2)14-16-17-15(22-14)12-5-7-13(8-6-12)23(19,20)18-9-3-4-10-18/h5-8,11H,3-4,9-10H2,1-2H3/t11-/m0/s1. The van der Waals surface area contributed by atoms with Crippen molar-refractivity contribution in [2.45, 2.75) is 30.8 Å². The van der Waals surface area contributed by atoms with Gasteiger partial charge in [0, 0.05) is 25.8 Å². The lowest BCUT2D eigenvalue weighted by Gasteiger charge is -2.15. The molecule has 124 valence electrons. The molecule has 1 aliphatic heterocycles. The largest absolute Gasteiger partial charge is 0.418 e. The molecule has 1 aromatic carbocycles. The Kier molecular flexibility index (Phi) is 4.47. The Hall–Kier alpha value is -1.77. The van der Waals surface area contributed by atoms with Gasteiger partial charge in [0.1, 0.15) is 6.10 Å². The van der Waals surface area contributed by atoms with Gasteiger partial charge in [0.2, 0.25) is 21.8 Å². The molecule has 1 atom stereocenters. The molecule has 0 N–H and O–H groups in total. The Bertz CT molecular complexity index is 764. The molecule has 0 aliphatic carbocycles. The molecular weight excluding hydrogens is 318 g/mol. The molecule has 0 spiro atoms. The van der Waals surface area contributed by atoms with E-state index >= 15 is 0 Å². The van der Waals surface area contributed by atoms with Crippen LogP contribution in [-0.4, -0.2) is 43.1 Å². The molecule has 8 heteroatoms. The number of methoxy groups -OCH3 is 1. The molecule has 0 bridgehead atoms. The molecular formula is C15H19N3O4S. The van der Waals surface area contributed by atoms with Crippen molar-refractivity contribution in [2.75, 3.05) is 20.2 Å². The first-order valence-corrected chi connectivity index (χ1v) is 8.93. The number of hydrogen-bond donors (Lipinski definition) is 0. The average molecular weight is 337 g/mol. The maximum Gasteiger partial charge on any atom is 0.247 e. The zero-order valence-electron chi connectivity index (χ0n) is 13.1. The quantitative estimate of drug-likeness (QED) is 0.831. The lowest BCUT2D eigenvalue weighted by molar-refractivity contribution is 0.0952. The fraction of sp³-hybridized carbons (Fsp3) is 0.467. The van der Waals surface area contributed by atoms with Crippen molar-refractivity contribution in [1.29, 1.82) is 0 Å². The Morgan fingerprint density at radius 2 is 1.83 bits per heavy atom. The summed E-state index contributed by atoms with van der Waals surface area (Å²) in [6, 6.07) is 6.51. The third-order valence-corrected chi connectivity index (χ3v) is 5.86. The van der Waals surface area contributed by atoms with Crippen LogP contribution < -0.4 is 0 Å². The first-order chi connectivity index (χ1) is 11.0. The third kappa shape index (κ3) is 3.15. The van der Waals surface area contributed by atoms with Crippen LogP contribution in [0, 0.1) is 0 Å². The van der Waals surface area contributed by atoms with Crippen LogP contribution in [0.15, 0.2) is 33.6 Å². The average Bonchev–Trinajstić information content (AvgIpc) is 3.26. The summed E-state index contributed by atoms with van der Waals surface area (Å²) < 4.78 is 37.1. The number of ether oxygens (including phenoxy) is 1. The summed E-state index contributed by atoms with van der Waals surface area (Å²) in [7, 11) is -1.84. The summed E-state index contributed by atoms with van der Waals surface area (Å²) in [4.78, 5) is 0.285. The van der Waals surface area contributed by atoms with E-state index in [0.29, 0.717) is 30.4 Å². The van der Waals surface area contributed by atoms with Crippen LogP contribution in [0.5, 0.6) is 0 Å². The molecule has 2 heterocycles. The van der Waals surface area contributed by atoms with E-state index in [9.17, 15) is 8.42 Å². The van der Waals surface area contributed by atoms with Crippen LogP contribution in [0.1, 0.15) is 31.8 Å².